The molecule has 2 aromatic rings. The Bertz CT molecular complexity index is 1290. The number of fused-ring (bicyclic) bond motifs is 1. The summed E-state index contributed by atoms with van der Waals surface area (Å²) in [4.78, 5) is 19.7. The van der Waals surface area contributed by atoms with E-state index >= 15 is 0 Å². The van der Waals surface area contributed by atoms with E-state index in [1.165, 1.54) is 11.1 Å². The highest BCUT2D eigenvalue weighted by atomic mass is 16.5. The van der Waals surface area contributed by atoms with Crippen LogP contribution in [0.3, 0.4) is 0 Å². The molecule has 0 atom stereocenters. The number of rotatable bonds is 10. The fraction of sp³-hybridized carbons (Fsp3) is 0.353. The first-order chi connectivity index (χ1) is 18.7. The average molecular weight is 526 g/mol. The van der Waals surface area contributed by atoms with Gasteiger partial charge in [-0.1, -0.05) is 68.0 Å². The van der Waals surface area contributed by atoms with E-state index < -0.39 is 0 Å². The van der Waals surface area contributed by atoms with Gasteiger partial charge in [0.05, 0.1) is 13.2 Å². The normalized spacial score (nSPS) is 14.6. The van der Waals surface area contributed by atoms with Gasteiger partial charge in [0.15, 0.2) is 0 Å². The van der Waals surface area contributed by atoms with Crippen molar-refractivity contribution >= 4 is 17.8 Å². The van der Waals surface area contributed by atoms with Crippen LogP contribution in [-0.4, -0.2) is 36.8 Å². The molecule has 5 heteroatoms. The van der Waals surface area contributed by atoms with Gasteiger partial charge in [-0.3, -0.25) is 9.79 Å². The molecule has 0 fully saturated rings. The fourth-order valence-electron chi connectivity index (χ4n) is 4.32. The SMILES string of the molecule is C\C=C(C)/C(=C\C=C\c1ccc2c(c1)CCO2)NC(/C=C(\C)C(=O)N(C)CC(C)C)=NCc1ccc(C)cc1. The maximum Gasteiger partial charge on any atom is 0.249 e. The van der Waals surface area contributed by atoms with E-state index in [1.54, 1.807) is 4.90 Å². The Morgan fingerprint density at radius 3 is 2.56 bits per heavy atom. The van der Waals surface area contributed by atoms with Crippen molar-refractivity contribution in [3.05, 3.63) is 106 Å². The molecule has 0 bridgehead atoms. The topological polar surface area (TPSA) is 53.9 Å². The molecular formula is C34H43N3O2. The van der Waals surface area contributed by atoms with Crippen molar-refractivity contribution in [1.29, 1.82) is 0 Å². The van der Waals surface area contributed by atoms with E-state index in [0.717, 1.165) is 41.2 Å². The molecule has 5 nitrogen and oxygen atoms in total. The van der Waals surface area contributed by atoms with E-state index in [2.05, 4.69) is 87.6 Å². The van der Waals surface area contributed by atoms with Gasteiger partial charge in [0.1, 0.15) is 11.6 Å². The second-order valence-electron chi connectivity index (χ2n) is 10.6. The zero-order valence-corrected chi connectivity index (χ0v) is 24.5. The average Bonchev–Trinajstić information content (AvgIpc) is 3.38. The van der Waals surface area contributed by atoms with Crippen LogP contribution in [0.25, 0.3) is 6.08 Å². The number of aryl methyl sites for hydroxylation is 1. The molecule has 0 unspecified atom stereocenters. The van der Waals surface area contributed by atoms with Crippen molar-refractivity contribution in [2.45, 2.75) is 54.5 Å². The molecule has 0 spiro atoms. The van der Waals surface area contributed by atoms with Crippen LogP contribution in [0, 0.1) is 12.8 Å². The van der Waals surface area contributed by atoms with Gasteiger partial charge in [0, 0.05) is 31.3 Å². The van der Waals surface area contributed by atoms with Crippen LogP contribution in [0.1, 0.15) is 56.9 Å². The van der Waals surface area contributed by atoms with Crippen molar-refractivity contribution in [1.82, 2.24) is 10.2 Å². The van der Waals surface area contributed by atoms with E-state index in [-0.39, 0.29) is 5.91 Å². The molecule has 1 N–H and O–H groups in total. The molecule has 0 radical (unpaired) electrons. The standard InChI is InChI=1S/C34H43N3O2/c1-8-26(5)31(11-9-10-28-16-17-32-30(21-28)18-19-39-32)36-33(35-22-29-14-12-25(4)13-15-29)20-27(6)34(38)37(7)23-24(2)3/h8-17,20-21,24H,18-19,22-23H2,1-7H3,(H,35,36)/b10-9+,26-8-,27-20+,31-11+. The third kappa shape index (κ3) is 9.13. The van der Waals surface area contributed by atoms with Gasteiger partial charge in [-0.2, -0.15) is 0 Å². The largest absolute Gasteiger partial charge is 0.493 e. The molecule has 1 aliphatic heterocycles. The van der Waals surface area contributed by atoms with Crippen LogP contribution in [0.5, 0.6) is 5.75 Å². The summed E-state index contributed by atoms with van der Waals surface area (Å²) in [6.45, 7) is 14.2. The Morgan fingerprint density at radius 2 is 1.87 bits per heavy atom. The minimum atomic E-state index is 0.00214. The molecule has 0 saturated heterocycles. The Kier molecular flexibility index (Phi) is 10.9. The molecule has 1 aliphatic rings. The number of likely N-dealkylation sites (N-methyl/N-ethyl adjacent to an activating group) is 1. The molecule has 206 valence electrons. The highest BCUT2D eigenvalue weighted by Crippen LogP contribution is 2.26. The summed E-state index contributed by atoms with van der Waals surface area (Å²) < 4.78 is 5.63. The van der Waals surface area contributed by atoms with Gasteiger partial charge in [-0.15, -0.1) is 0 Å². The Hall–Kier alpha value is -3.86. The molecule has 0 aromatic heterocycles. The van der Waals surface area contributed by atoms with Crippen molar-refractivity contribution in [3.63, 3.8) is 0 Å². The molecule has 3 rings (SSSR count). The molecule has 1 amide bonds. The Morgan fingerprint density at radius 1 is 1.13 bits per heavy atom. The van der Waals surface area contributed by atoms with E-state index in [9.17, 15) is 4.79 Å². The predicted molar refractivity (Wildman–Crippen MR) is 164 cm³/mol. The maximum absolute atomic E-state index is 13.0. The highest BCUT2D eigenvalue weighted by Gasteiger charge is 2.14. The summed E-state index contributed by atoms with van der Waals surface area (Å²) in [5.74, 6) is 2.04. The molecule has 2 aromatic carbocycles. The second-order valence-corrected chi connectivity index (χ2v) is 10.6. The van der Waals surface area contributed by atoms with E-state index in [1.807, 2.05) is 39.1 Å². The fourth-order valence-corrected chi connectivity index (χ4v) is 4.32. The van der Waals surface area contributed by atoms with Crippen LogP contribution in [0.4, 0.5) is 0 Å². The predicted octanol–water partition coefficient (Wildman–Crippen LogP) is 7.04. The number of nitrogens with zero attached hydrogens (tertiary/aromatic N) is 2. The van der Waals surface area contributed by atoms with Crippen molar-refractivity contribution < 1.29 is 9.53 Å². The Balaban J connectivity index is 1.89. The van der Waals surface area contributed by atoms with E-state index in [0.29, 0.717) is 30.4 Å². The molecule has 39 heavy (non-hydrogen) atoms. The molecule has 0 aliphatic carbocycles. The lowest BCUT2D eigenvalue weighted by molar-refractivity contribution is -0.126. The number of allylic oxidation sites excluding steroid dienone is 4. The third-order valence-corrected chi connectivity index (χ3v) is 6.61. The number of hydrogen-bond acceptors (Lipinski definition) is 3. The monoisotopic (exact) mass is 525 g/mol. The lowest BCUT2D eigenvalue weighted by Gasteiger charge is -2.20. The maximum atomic E-state index is 13.0. The van der Waals surface area contributed by atoms with Crippen LogP contribution in [-0.2, 0) is 17.8 Å². The summed E-state index contributed by atoms with van der Waals surface area (Å²) in [5.41, 5.74) is 7.36. The number of amidine groups is 1. The smallest absolute Gasteiger partial charge is 0.249 e. The van der Waals surface area contributed by atoms with Gasteiger partial charge >= 0.3 is 0 Å². The first-order valence-electron chi connectivity index (χ1n) is 13.7. The number of hydrogen-bond donors (Lipinski definition) is 1. The zero-order valence-electron chi connectivity index (χ0n) is 24.5. The quantitative estimate of drug-likeness (QED) is 0.157. The van der Waals surface area contributed by atoms with Gasteiger partial charge in [-0.05, 0) is 80.2 Å². The molecular weight excluding hydrogens is 482 g/mol. The van der Waals surface area contributed by atoms with Gasteiger partial charge in [-0.25, -0.2) is 0 Å². The minimum absolute atomic E-state index is 0.00214. The molecule has 1 heterocycles. The van der Waals surface area contributed by atoms with Gasteiger partial charge < -0.3 is 15.0 Å². The van der Waals surface area contributed by atoms with Gasteiger partial charge in [0.2, 0.25) is 5.91 Å². The first kappa shape index (κ1) is 29.7. The van der Waals surface area contributed by atoms with Crippen LogP contribution in [0.2, 0.25) is 0 Å². The van der Waals surface area contributed by atoms with Crippen LogP contribution < -0.4 is 10.1 Å². The zero-order chi connectivity index (χ0) is 28.4. The lowest BCUT2D eigenvalue weighted by atomic mass is 10.1. The Labute approximate surface area is 234 Å². The number of nitrogens with one attached hydrogen (secondary N) is 1. The number of carbonyl (C=O) groups excluding carboxylic acids is 1. The number of benzene rings is 2. The minimum Gasteiger partial charge on any atom is -0.493 e. The molecule has 0 saturated carbocycles. The number of ether oxygens (including phenoxy) is 1. The van der Waals surface area contributed by atoms with Crippen molar-refractivity contribution in [2.75, 3.05) is 20.2 Å². The first-order valence-corrected chi connectivity index (χ1v) is 13.7. The van der Waals surface area contributed by atoms with Crippen molar-refractivity contribution in [3.8, 4) is 5.75 Å². The van der Waals surface area contributed by atoms with Gasteiger partial charge in [0.25, 0.3) is 0 Å². The summed E-state index contributed by atoms with van der Waals surface area (Å²) in [6, 6.07) is 14.7. The highest BCUT2D eigenvalue weighted by molar-refractivity contribution is 6.03. The lowest BCUT2D eigenvalue weighted by Crippen LogP contribution is -2.31. The summed E-state index contributed by atoms with van der Waals surface area (Å²) >= 11 is 0. The third-order valence-electron chi connectivity index (χ3n) is 6.61. The summed E-state index contributed by atoms with van der Waals surface area (Å²) in [7, 11) is 1.85. The summed E-state index contributed by atoms with van der Waals surface area (Å²) in [6.07, 6.45) is 11.1. The summed E-state index contributed by atoms with van der Waals surface area (Å²) in [5, 5.41) is 3.50. The van der Waals surface area contributed by atoms with Crippen LogP contribution in [0.15, 0.2) is 88.6 Å². The number of carbonyl (C=O) groups is 1. The van der Waals surface area contributed by atoms with E-state index in [4.69, 9.17) is 9.73 Å². The second kappa shape index (κ2) is 14.3. The van der Waals surface area contributed by atoms with Crippen LogP contribution >= 0.6 is 0 Å². The van der Waals surface area contributed by atoms with Crippen molar-refractivity contribution in [2.24, 2.45) is 10.9 Å². The number of amides is 1. The number of aliphatic imine (C=N–C) groups is 1.